The summed E-state index contributed by atoms with van der Waals surface area (Å²) in [6.45, 7) is 8.28. The van der Waals surface area contributed by atoms with Crippen molar-refractivity contribution in [3.05, 3.63) is 53.6 Å². The number of carbonyl (C=O) groups is 2. The van der Waals surface area contributed by atoms with Gasteiger partial charge in [0.1, 0.15) is 28.1 Å². The number of aromatic nitrogens is 6. The van der Waals surface area contributed by atoms with Crippen LogP contribution in [0.1, 0.15) is 69.9 Å². The van der Waals surface area contributed by atoms with Crippen molar-refractivity contribution in [2.75, 3.05) is 18.2 Å². The number of hydrogen-bond donors (Lipinski definition) is 4. The van der Waals surface area contributed by atoms with Crippen molar-refractivity contribution in [3.8, 4) is 22.0 Å². The van der Waals surface area contributed by atoms with Crippen molar-refractivity contribution < 1.29 is 41.2 Å². The van der Waals surface area contributed by atoms with E-state index in [1.54, 1.807) is 33.3 Å². The number of anilines is 1. The Balaban J connectivity index is 0.00000105. The number of nitrogens with one attached hydrogen (secondary N) is 2. The number of carbonyl (C=O) groups excluding carboxylic acids is 1. The molecule has 0 bridgehead atoms. The fraction of sp³-hybridized carbons (Fsp3) is 0.484. The Bertz CT molecular complexity index is 1890. The van der Waals surface area contributed by atoms with Crippen LogP contribution in [0.3, 0.4) is 0 Å². The van der Waals surface area contributed by atoms with Gasteiger partial charge in [-0.15, -0.1) is 11.3 Å². The Hall–Kier alpha value is -4.17. The predicted molar refractivity (Wildman–Crippen MR) is 181 cm³/mol. The van der Waals surface area contributed by atoms with Gasteiger partial charge < -0.3 is 15.2 Å². The van der Waals surface area contributed by atoms with Crippen molar-refractivity contribution in [1.29, 1.82) is 0 Å². The Morgan fingerprint density at radius 1 is 1.12 bits per heavy atom. The second kappa shape index (κ2) is 16.2. The number of rotatable bonds is 11. The van der Waals surface area contributed by atoms with Crippen LogP contribution >= 0.6 is 11.3 Å². The van der Waals surface area contributed by atoms with Gasteiger partial charge in [0.15, 0.2) is 5.82 Å². The summed E-state index contributed by atoms with van der Waals surface area (Å²) < 4.78 is 63.7. The summed E-state index contributed by atoms with van der Waals surface area (Å²) in [5.41, 5.74) is 0.156. The van der Waals surface area contributed by atoms with Crippen LogP contribution in [0.25, 0.3) is 22.0 Å². The molecule has 0 saturated heterocycles. The van der Waals surface area contributed by atoms with E-state index in [4.69, 9.17) is 9.29 Å². The number of carboxylic acid groups (broad SMARTS) is 1. The average Bonchev–Trinajstić information content (AvgIpc) is 3.78. The maximum atomic E-state index is 14.8. The highest BCUT2D eigenvalue weighted by Crippen LogP contribution is 2.35. The number of carboxylic acids is 1. The number of hydrogen-bond acceptors (Lipinski definition) is 11. The lowest BCUT2D eigenvalue weighted by molar-refractivity contribution is -0.142. The molecular weight excluding hydrogens is 699 g/mol. The zero-order valence-electron chi connectivity index (χ0n) is 28.1. The van der Waals surface area contributed by atoms with Crippen LogP contribution < -0.4 is 10.6 Å². The van der Waals surface area contributed by atoms with E-state index < -0.39 is 45.2 Å². The molecule has 0 radical (unpaired) electrons. The minimum absolute atomic E-state index is 0.00573. The molecule has 1 aliphatic carbocycles. The van der Waals surface area contributed by atoms with E-state index in [1.165, 1.54) is 11.3 Å². The maximum absolute atomic E-state index is 14.8. The van der Waals surface area contributed by atoms with Crippen molar-refractivity contribution in [2.45, 2.75) is 78.2 Å². The third kappa shape index (κ3) is 10.7. The van der Waals surface area contributed by atoms with Gasteiger partial charge in [-0.3, -0.25) is 28.8 Å². The SMILES string of the molecule is CCOC1CCC(n2cc(NC(=O)c3csc(-c4cnn(CNC(C(=O)O)C(C)(C)C)c4)n3)c(-c3nc(F)ccc3F)n2)CC1.CS(=O)(=O)O. The van der Waals surface area contributed by atoms with E-state index >= 15 is 0 Å². The molecule has 50 heavy (non-hydrogen) atoms. The zero-order valence-corrected chi connectivity index (χ0v) is 29.8. The van der Waals surface area contributed by atoms with Crippen LogP contribution in [0.4, 0.5) is 14.5 Å². The third-order valence-electron chi connectivity index (χ3n) is 7.62. The molecule has 1 amide bonds. The lowest BCUT2D eigenvalue weighted by atomic mass is 9.87. The molecule has 1 unspecified atom stereocenters. The van der Waals surface area contributed by atoms with E-state index in [0.717, 1.165) is 37.8 Å². The fourth-order valence-electron chi connectivity index (χ4n) is 5.35. The van der Waals surface area contributed by atoms with Gasteiger partial charge >= 0.3 is 5.97 Å². The van der Waals surface area contributed by atoms with Gasteiger partial charge in [0.05, 0.1) is 37.0 Å². The zero-order chi connectivity index (χ0) is 36.8. The minimum atomic E-state index is -3.67. The molecule has 4 heterocycles. The van der Waals surface area contributed by atoms with Crippen molar-refractivity contribution >= 4 is 39.0 Å². The molecule has 1 atom stereocenters. The summed E-state index contributed by atoms with van der Waals surface area (Å²) in [4.78, 5) is 33.2. The van der Waals surface area contributed by atoms with Gasteiger partial charge in [0.25, 0.3) is 16.0 Å². The highest BCUT2D eigenvalue weighted by molar-refractivity contribution is 7.85. The topological polar surface area (TPSA) is 203 Å². The normalized spacial score (nSPS) is 17.1. The monoisotopic (exact) mass is 738 g/mol. The smallest absolute Gasteiger partial charge is 0.321 e. The first-order chi connectivity index (χ1) is 23.4. The molecular formula is C31H40F2N8O7S2. The number of amides is 1. The first kappa shape index (κ1) is 38.6. The summed E-state index contributed by atoms with van der Waals surface area (Å²) in [5.74, 6) is -3.15. The fourth-order valence-corrected chi connectivity index (χ4v) is 6.12. The van der Waals surface area contributed by atoms with Gasteiger partial charge in [0.2, 0.25) is 5.95 Å². The quantitative estimate of drug-likeness (QED) is 0.120. The standard InChI is InChI=1S/C30H36F2N8O4S.CH4O3S/c1-5-44-19-8-6-18(7-9-19)40-14-21(25(38-40)24-20(31)10-11-23(32)37-24)35-27(41)22-15-45-28(36-22)17-12-34-39(13-17)16-33-26(29(42)43)30(2,3)4;1-5(2,3)4/h10-15,18-19,26,33H,5-9,16H2,1-4H3,(H,35,41)(H,42,43);1H3,(H,2,3,4). The van der Waals surface area contributed by atoms with Crippen molar-refractivity contribution in [1.82, 2.24) is 34.8 Å². The van der Waals surface area contributed by atoms with E-state index in [0.29, 0.717) is 23.4 Å². The second-order valence-electron chi connectivity index (χ2n) is 12.7. The third-order valence-corrected chi connectivity index (χ3v) is 8.52. The molecule has 0 aromatic carbocycles. The number of thiazole rings is 1. The van der Waals surface area contributed by atoms with Gasteiger partial charge in [-0.1, -0.05) is 20.8 Å². The summed E-state index contributed by atoms with van der Waals surface area (Å²) in [5, 5.41) is 26.3. The Morgan fingerprint density at radius 2 is 1.80 bits per heavy atom. The number of ether oxygens (including phenoxy) is 1. The number of halogens is 2. The molecule has 272 valence electrons. The molecule has 4 N–H and O–H groups in total. The molecule has 19 heteroatoms. The molecule has 15 nitrogen and oxygen atoms in total. The molecule has 5 rings (SSSR count). The number of nitrogens with zero attached hydrogens (tertiary/aromatic N) is 6. The summed E-state index contributed by atoms with van der Waals surface area (Å²) in [7, 11) is -3.67. The summed E-state index contributed by atoms with van der Waals surface area (Å²) in [6, 6.07) is 1.11. The minimum Gasteiger partial charge on any atom is -0.480 e. The van der Waals surface area contributed by atoms with Crippen molar-refractivity contribution in [2.24, 2.45) is 5.41 Å². The molecule has 0 aliphatic heterocycles. The second-order valence-corrected chi connectivity index (χ2v) is 15.0. The van der Waals surface area contributed by atoms with E-state index in [-0.39, 0.29) is 41.6 Å². The van der Waals surface area contributed by atoms with Crippen LogP contribution in [-0.4, -0.2) is 84.5 Å². The molecule has 4 aromatic rings. The molecule has 0 spiro atoms. The molecule has 1 saturated carbocycles. The summed E-state index contributed by atoms with van der Waals surface area (Å²) in [6.07, 6.45) is 9.04. The Kier molecular flexibility index (Phi) is 12.5. The number of pyridine rings is 1. The van der Waals surface area contributed by atoms with Gasteiger partial charge in [-0.2, -0.15) is 23.0 Å². The molecule has 1 fully saturated rings. The molecule has 4 aromatic heterocycles. The van der Waals surface area contributed by atoms with E-state index in [9.17, 15) is 31.9 Å². The summed E-state index contributed by atoms with van der Waals surface area (Å²) >= 11 is 1.23. The largest absolute Gasteiger partial charge is 0.480 e. The van der Waals surface area contributed by atoms with E-state index in [2.05, 4.69) is 30.8 Å². The first-order valence-electron chi connectivity index (χ1n) is 15.6. The van der Waals surface area contributed by atoms with Crippen LogP contribution in [-0.2, 0) is 26.3 Å². The average molecular weight is 739 g/mol. The lowest BCUT2D eigenvalue weighted by Crippen LogP contribution is -2.47. The number of aliphatic carboxylic acids is 1. The van der Waals surface area contributed by atoms with Crippen LogP contribution in [0.15, 0.2) is 36.1 Å². The van der Waals surface area contributed by atoms with Crippen LogP contribution in [0.5, 0.6) is 0 Å². The predicted octanol–water partition coefficient (Wildman–Crippen LogP) is 4.87. The van der Waals surface area contributed by atoms with Gasteiger partial charge in [-0.05, 0) is 50.2 Å². The van der Waals surface area contributed by atoms with Crippen LogP contribution in [0, 0.1) is 17.2 Å². The van der Waals surface area contributed by atoms with Gasteiger partial charge in [-0.25, -0.2) is 14.4 Å². The lowest BCUT2D eigenvalue weighted by Gasteiger charge is -2.28. The molecule has 1 aliphatic rings. The Morgan fingerprint density at radius 3 is 2.42 bits per heavy atom. The maximum Gasteiger partial charge on any atom is 0.321 e. The van der Waals surface area contributed by atoms with Gasteiger partial charge in [0, 0.05) is 29.9 Å². The highest BCUT2D eigenvalue weighted by atomic mass is 32.2. The Labute approximate surface area is 291 Å². The van der Waals surface area contributed by atoms with Crippen LogP contribution in [0.2, 0.25) is 0 Å². The first-order valence-corrected chi connectivity index (χ1v) is 18.4. The van der Waals surface area contributed by atoms with E-state index in [1.807, 2.05) is 27.7 Å². The highest BCUT2D eigenvalue weighted by Gasteiger charge is 2.31. The van der Waals surface area contributed by atoms with Crippen molar-refractivity contribution in [3.63, 3.8) is 0 Å².